The van der Waals surface area contributed by atoms with E-state index < -0.39 is 75.7 Å². The van der Waals surface area contributed by atoms with E-state index in [4.69, 9.17) is 18.5 Å². The Morgan fingerprint density at radius 3 is 1.41 bits per heavy atom. The normalized spacial score (nSPS) is 22.4. The number of carbonyl (C=O) groups excluding carboxylic acids is 2. The number of ether oxygens (including phenoxy) is 2. The van der Waals surface area contributed by atoms with E-state index in [9.17, 15) is 44.6 Å². The first-order chi connectivity index (χ1) is 29.4. The summed E-state index contributed by atoms with van der Waals surface area (Å²) in [7, 11) is -5.13. The Balaban J connectivity index is 2.51. The number of esters is 2. The molecule has 1 rings (SSSR count). The molecule has 0 aromatic rings. The minimum atomic E-state index is -5.13. The van der Waals surface area contributed by atoms with Gasteiger partial charge in [-0.3, -0.25) is 18.6 Å². The van der Waals surface area contributed by atoms with Crippen molar-refractivity contribution in [1.29, 1.82) is 0 Å². The highest BCUT2D eigenvalue weighted by Gasteiger charge is 2.51. The van der Waals surface area contributed by atoms with Gasteiger partial charge in [0.05, 0.1) is 6.61 Å². The van der Waals surface area contributed by atoms with Crippen LogP contribution in [0.1, 0.15) is 181 Å². The summed E-state index contributed by atoms with van der Waals surface area (Å²) in [6.07, 6.45) is 30.3. The molecule has 8 atom stereocenters. The molecule has 354 valence electrons. The third-order valence-electron chi connectivity index (χ3n) is 10.6. The fourth-order valence-corrected chi connectivity index (χ4v) is 7.80. The summed E-state index contributed by atoms with van der Waals surface area (Å²) in [4.78, 5) is 35.7. The highest BCUT2D eigenvalue weighted by molar-refractivity contribution is 7.47. The zero-order chi connectivity index (χ0) is 45.0. The van der Waals surface area contributed by atoms with Crippen molar-refractivity contribution in [2.24, 2.45) is 0 Å². The van der Waals surface area contributed by atoms with Crippen molar-refractivity contribution in [3.63, 3.8) is 0 Å². The summed E-state index contributed by atoms with van der Waals surface area (Å²) in [6, 6.07) is 0. The fourth-order valence-electron chi connectivity index (χ4n) is 6.83. The van der Waals surface area contributed by atoms with Crippen molar-refractivity contribution < 1.29 is 63.1 Å². The molecule has 0 aromatic heterocycles. The minimum Gasteiger partial charge on any atom is -0.462 e. The van der Waals surface area contributed by atoms with E-state index in [2.05, 4.69) is 50.3 Å². The van der Waals surface area contributed by atoms with Crippen LogP contribution in [0.25, 0.3) is 0 Å². The van der Waals surface area contributed by atoms with Crippen LogP contribution in [0.4, 0.5) is 0 Å². The molecule has 0 bridgehead atoms. The maximum Gasteiger partial charge on any atom is 0.472 e. The smallest absolute Gasteiger partial charge is 0.462 e. The number of hydrogen-bond donors (Lipinski definition) is 6. The molecule has 6 unspecified atom stereocenters. The lowest BCUT2D eigenvalue weighted by molar-refractivity contribution is -0.220. The zero-order valence-electron chi connectivity index (χ0n) is 37.4. The number of aliphatic hydroxyl groups is 5. The Morgan fingerprint density at radius 1 is 0.508 bits per heavy atom. The van der Waals surface area contributed by atoms with Gasteiger partial charge in [-0.05, 0) is 70.6 Å². The van der Waals surface area contributed by atoms with Crippen molar-refractivity contribution in [2.45, 2.75) is 224 Å². The summed E-state index contributed by atoms with van der Waals surface area (Å²) in [6.45, 7) is 3.23. The monoisotopic (exact) mass is 887 g/mol. The number of aliphatic hydroxyl groups excluding tert-OH is 5. The quantitative estimate of drug-likeness (QED) is 0.0148. The molecule has 6 N–H and O–H groups in total. The molecule has 0 aliphatic heterocycles. The van der Waals surface area contributed by atoms with Gasteiger partial charge in [-0.2, -0.15) is 0 Å². The molecule has 1 saturated carbocycles. The van der Waals surface area contributed by atoms with Gasteiger partial charge in [0.2, 0.25) is 0 Å². The van der Waals surface area contributed by atoms with E-state index in [0.717, 1.165) is 44.9 Å². The summed E-state index contributed by atoms with van der Waals surface area (Å²) < 4.78 is 33.4. The van der Waals surface area contributed by atoms with Crippen LogP contribution in [0.15, 0.2) is 48.6 Å². The van der Waals surface area contributed by atoms with Crippen LogP contribution in [0, 0.1) is 0 Å². The van der Waals surface area contributed by atoms with E-state index in [1.54, 1.807) is 0 Å². The van der Waals surface area contributed by atoms with Gasteiger partial charge in [-0.15, -0.1) is 0 Å². The predicted octanol–water partition coefficient (Wildman–Crippen LogP) is 9.17. The molecule has 1 fully saturated rings. The Kier molecular flexibility index (Phi) is 34.7. The van der Waals surface area contributed by atoms with Gasteiger partial charge in [0.1, 0.15) is 43.2 Å². The van der Waals surface area contributed by atoms with Crippen LogP contribution in [0.2, 0.25) is 0 Å². The van der Waals surface area contributed by atoms with Crippen LogP contribution in [0.5, 0.6) is 0 Å². The highest BCUT2D eigenvalue weighted by atomic mass is 31.2. The van der Waals surface area contributed by atoms with Crippen molar-refractivity contribution in [3.05, 3.63) is 48.6 Å². The first-order valence-electron chi connectivity index (χ1n) is 23.4. The number of allylic oxidation sites excluding steroid dienone is 8. The van der Waals surface area contributed by atoms with E-state index in [-0.39, 0.29) is 12.8 Å². The largest absolute Gasteiger partial charge is 0.472 e. The molecular formula is C47H83O13P. The van der Waals surface area contributed by atoms with Gasteiger partial charge < -0.3 is 39.9 Å². The lowest BCUT2D eigenvalue weighted by atomic mass is 9.85. The van der Waals surface area contributed by atoms with Crippen molar-refractivity contribution in [3.8, 4) is 0 Å². The SMILES string of the molecule is CCCCCCCC/C=C/C/C=C/C/C=C/CCCC(=O)OC[C@@H](COP(=O)(O)OC1C(O)C(O)C(O)[C@H](O)C1O)OC(=O)CCCCC/C=C/CCCCCCCCCC. The molecule has 0 radical (unpaired) electrons. The van der Waals surface area contributed by atoms with Crippen LogP contribution >= 0.6 is 7.82 Å². The van der Waals surface area contributed by atoms with E-state index in [1.807, 2.05) is 12.2 Å². The molecule has 0 saturated heterocycles. The van der Waals surface area contributed by atoms with Crippen LogP contribution < -0.4 is 0 Å². The minimum absolute atomic E-state index is 0.0652. The molecule has 0 spiro atoms. The maximum absolute atomic E-state index is 12.8. The van der Waals surface area contributed by atoms with Crippen LogP contribution in [-0.4, -0.2) is 98.3 Å². The summed E-state index contributed by atoms with van der Waals surface area (Å²) in [5, 5.41) is 50.1. The number of rotatable bonds is 38. The molecule has 1 aliphatic carbocycles. The van der Waals surface area contributed by atoms with Gasteiger partial charge in [0.25, 0.3) is 0 Å². The number of carbonyl (C=O) groups is 2. The maximum atomic E-state index is 12.8. The van der Waals surface area contributed by atoms with E-state index in [0.29, 0.717) is 19.3 Å². The zero-order valence-corrected chi connectivity index (χ0v) is 38.3. The van der Waals surface area contributed by atoms with E-state index in [1.165, 1.54) is 89.9 Å². The lowest BCUT2D eigenvalue weighted by Crippen LogP contribution is -2.64. The third-order valence-corrected chi connectivity index (χ3v) is 11.6. The van der Waals surface area contributed by atoms with Gasteiger partial charge in [0, 0.05) is 12.8 Å². The van der Waals surface area contributed by atoms with Crippen LogP contribution in [0.3, 0.4) is 0 Å². The second kappa shape index (κ2) is 37.2. The number of unbranched alkanes of at least 4 members (excludes halogenated alkanes) is 18. The van der Waals surface area contributed by atoms with Gasteiger partial charge in [-0.1, -0.05) is 146 Å². The third kappa shape index (κ3) is 29.7. The standard InChI is InChI=1S/C47H83O13P/c1-3-5-7-9-11-13-15-17-19-20-22-23-25-27-29-31-33-35-40(48)57-37-39(38-58-61(55,56)60-47-45(53)43(51)42(50)44(52)46(47)54)59-41(49)36-34-32-30-28-26-24-21-18-16-14-12-10-8-6-4-2/h17,19,22-24,26-27,29,39,42-47,50-54H,3-16,18,20-21,25,28,30-38H2,1-2H3,(H,55,56)/b19-17+,23-22+,26-24+,29-27+/t39-,42?,43-,44?,45?,46?,47?/m0/s1. The highest BCUT2D eigenvalue weighted by Crippen LogP contribution is 2.47. The second-order valence-corrected chi connectivity index (χ2v) is 17.7. The number of phosphoric ester groups is 1. The van der Waals surface area contributed by atoms with Crippen LogP contribution in [-0.2, 0) is 32.7 Å². The Morgan fingerprint density at radius 2 is 0.902 bits per heavy atom. The van der Waals surface area contributed by atoms with Crippen molar-refractivity contribution in [1.82, 2.24) is 0 Å². The fraction of sp³-hybridized carbons (Fsp3) is 0.787. The molecule has 0 aromatic carbocycles. The molecule has 0 heterocycles. The summed E-state index contributed by atoms with van der Waals surface area (Å²) >= 11 is 0. The number of phosphoric acid groups is 1. The molecule has 1 aliphatic rings. The molecule has 61 heavy (non-hydrogen) atoms. The van der Waals surface area contributed by atoms with Gasteiger partial charge >= 0.3 is 19.8 Å². The van der Waals surface area contributed by atoms with Gasteiger partial charge in [0.15, 0.2) is 6.10 Å². The molecule has 0 amide bonds. The predicted molar refractivity (Wildman–Crippen MR) is 239 cm³/mol. The summed E-state index contributed by atoms with van der Waals surface area (Å²) in [5.74, 6) is -1.18. The van der Waals surface area contributed by atoms with E-state index >= 15 is 0 Å². The Bertz CT molecular complexity index is 1250. The Hall–Kier alpha value is -2.19. The molecular weight excluding hydrogens is 803 g/mol. The second-order valence-electron chi connectivity index (χ2n) is 16.3. The summed E-state index contributed by atoms with van der Waals surface area (Å²) in [5.41, 5.74) is 0. The lowest BCUT2D eigenvalue weighted by Gasteiger charge is -2.41. The van der Waals surface area contributed by atoms with Crippen molar-refractivity contribution in [2.75, 3.05) is 13.2 Å². The average Bonchev–Trinajstić information content (AvgIpc) is 3.24. The van der Waals surface area contributed by atoms with Crippen molar-refractivity contribution >= 4 is 19.8 Å². The Labute approximate surface area is 367 Å². The molecule has 13 nitrogen and oxygen atoms in total. The van der Waals surface area contributed by atoms with Gasteiger partial charge in [-0.25, -0.2) is 4.57 Å². The first-order valence-corrected chi connectivity index (χ1v) is 24.9. The first kappa shape index (κ1) is 56.8. The molecule has 14 heteroatoms. The topological polar surface area (TPSA) is 210 Å². The number of hydrogen-bond acceptors (Lipinski definition) is 12. The average molecular weight is 887 g/mol.